The molecule has 3 rings (SSSR count). The van der Waals surface area contributed by atoms with Crippen LogP contribution < -0.4 is 0 Å². The third kappa shape index (κ3) is 2.45. The minimum Gasteiger partial charge on any atom is -0.431 e. The van der Waals surface area contributed by atoms with Gasteiger partial charge in [-0.2, -0.15) is 5.10 Å². The van der Waals surface area contributed by atoms with Gasteiger partial charge in [0, 0.05) is 11.8 Å². The molecule has 0 amide bonds. The number of rotatable bonds is 2. The number of esters is 1. The fourth-order valence-electron chi connectivity index (χ4n) is 2.15. The van der Waals surface area contributed by atoms with Crippen molar-refractivity contribution in [2.24, 2.45) is 0 Å². The first kappa shape index (κ1) is 12.1. The molecule has 0 spiro atoms. The van der Waals surface area contributed by atoms with Gasteiger partial charge in [-0.1, -0.05) is 18.2 Å². The van der Waals surface area contributed by atoms with E-state index in [1.54, 1.807) is 6.07 Å². The first-order chi connectivity index (χ1) is 9.24. The number of fused-ring (bicyclic) bond motifs is 1. The second-order valence-corrected chi connectivity index (χ2v) is 4.47. The van der Waals surface area contributed by atoms with Crippen LogP contribution in [0.4, 0.5) is 0 Å². The number of para-hydroxylation sites is 1. The number of carbonyl (C=O) groups is 1. The van der Waals surface area contributed by atoms with Crippen molar-refractivity contribution in [3.63, 3.8) is 0 Å². The molecule has 2 N–H and O–H groups in total. The molecule has 2 heterocycles. The van der Waals surface area contributed by atoms with Crippen molar-refractivity contribution in [1.82, 2.24) is 10.2 Å². The molecule has 1 aromatic carbocycles. The highest BCUT2D eigenvalue weighted by molar-refractivity contribution is 6.01. The number of hydrogen-bond donors (Lipinski definition) is 2. The van der Waals surface area contributed by atoms with Gasteiger partial charge in [0.05, 0.1) is 5.52 Å². The van der Waals surface area contributed by atoms with Crippen LogP contribution in [0, 0.1) is 0 Å². The van der Waals surface area contributed by atoms with Gasteiger partial charge in [0.2, 0.25) is 6.29 Å². The van der Waals surface area contributed by atoms with Crippen LogP contribution in [0.25, 0.3) is 10.9 Å². The highest BCUT2D eigenvalue weighted by Crippen LogP contribution is 2.21. The Morgan fingerprint density at radius 1 is 1.42 bits per heavy atom. The van der Waals surface area contributed by atoms with Crippen LogP contribution in [0.3, 0.4) is 0 Å². The van der Waals surface area contributed by atoms with Crippen LogP contribution in [0.15, 0.2) is 24.3 Å². The van der Waals surface area contributed by atoms with Crippen molar-refractivity contribution in [1.29, 1.82) is 0 Å². The lowest BCUT2D eigenvalue weighted by Crippen LogP contribution is -2.31. The number of hydrogen-bond acceptors (Lipinski definition) is 5. The van der Waals surface area contributed by atoms with E-state index in [4.69, 9.17) is 9.47 Å². The Morgan fingerprint density at radius 2 is 2.26 bits per heavy atom. The highest BCUT2D eigenvalue weighted by Gasteiger charge is 2.25. The quantitative estimate of drug-likeness (QED) is 0.802. The zero-order chi connectivity index (χ0) is 13.2. The lowest BCUT2D eigenvalue weighted by molar-refractivity contribution is -0.231. The first-order valence-electron chi connectivity index (χ1n) is 6.21. The highest BCUT2D eigenvalue weighted by atomic mass is 16.7. The molecule has 1 saturated heterocycles. The molecule has 6 nitrogen and oxygen atoms in total. The predicted molar refractivity (Wildman–Crippen MR) is 66.2 cm³/mol. The van der Waals surface area contributed by atoms with Crippen molar-refractivity contribution in [3.05, 3.63) is 30.0 Å². The van der Waals surface area contributed by atoms with Gasteiger partial charge in [0.1, 0.15) is 0 Å². The Labute approximate surface area is 109 Å². The van der Waals surface area contributed by atoms with Gasteiger partial charge >= 0.3 is 5.97 Å². The van der Waals surface area contributed by atoms with Crippen LogP contribution in [-0.2, 0) is 9.47 Å². The second-order valence-electron chi connectivity index (χ2n) is 4.47. The number of nitrogens with one attached hydrogen (secondary N) is 1. The average Bonchev–Trinajstić information content (AvgIpc) is 2.82. The summed E-state index contributed by atoms with van der Waals surface area (Å²) in [5.41, 5.74) is 1.01. The number of aliphatic hydroxyl groups excluding tert-OH is 1. The topological polar surface area (TPSA) is 84.4 Å². The summed E-state index contributed by atoms with van der Waals surface area (Å²) >= 11 is 0. The molecule has 1 fully saturated rings. The molecule has 1 aliphatic heterocycles. The lowest BCUT2D eigenvalue weighted by atomic mass is 10.2. The van der Waals surface area contributed by atoms with Gasteiger partial charge in [0.15, 0.2) is 12.0 Å². The Hall–Kier alpha value is -1.92. The number of aromatic amines is 1. The summed E-state index contributed by atoms with van der Waals surface area (Å²) < 4.78 is 10.4. The number of benzene rings is 1. The maximum absolute atomic E-state index is 12.0. The van der Waals surface area contributed by atoms with E-state index in [2.05, 4.69) is 10.2 Å². The Bertz CT molecular complexity index is 595. The molecular weight excluding hydrogens is 248 g/mol. The largest absolute Gasteiger partial charge is 0.431 e. The fourth-order valence-corrected chi connectivity index (χ4v) is 2.15. The third-order valence-electron chi connectivity index (χ3n) is 3.10. The molecule has 0 saturated carbocycles. The molecule has 1 aromatic heterocycles. The van der Waals surface area contributed by atoms with Crippen molar-refractivity contribution in [3.8, 4) is 0 Å². The monoisotopic (exact) mass is 262 g/mol. The molecule has 0 radical (unpaired) electrons. The summed E-state index contributed by atoms with van der Waals surface area (Å²) in [5.74, 6) is -0.545. The van der Waals surface area contributed by atoms with E-state index >= 15 is 0 Å². The van der Waals surface area contributed by atoms with Crippen molar-refractivity contribution in [2.75, 3.05) is 0 Å². The SMILES string of the molecule is O=C(OC1CCCC(O)O1)c1n[nH]c2ccccc12. The van der Waals surface area contributed by atoms with Crippen molar-refractivity contribution in [2.45, 2.75) is 31.8 Å². The Kier molecular flexibility index (Phi) is 3.18. The Morgan fingerprint density at radius 3 is 3.11 bits per heavy atom. The minimum atomic E-state index is -0.859. The smallest absolute Gasteiger partial charge is 0.361 e. The van der Waals surface area contributed by atoms with Crippen LogP contribution in [-0.4, -0.2) is 33.9 Å². The van der Waals surface area contributed by atoms with E-state index in [0.717, 1.165) is 11.9 Å². The molecule has 19 heavy (non-hydrogen) atoms. The van der Waals surface area contributed by atoms with E-state index in [9.17, 15) is 9.90 Å². The lowest BCUT2D eigenvalue weighted by Gasteiger charge is -2.25. The van der Waals surface area contributed by atoms with E-state index in [1.807, 2.05) is 18.2 Å². The summed E-state index contributed by atoms with van der Waals surface area (Å²) in [6, 6.07) is 7.32. The van der Waals surface area contributed by atoms with E-state index in [0.29, 0.717) is 18.2 Å². The van der Waals surface area contributed by atoms with E-state index in [1.165, 1.54) is 0 Å². The van der Waals surface area contributed by atoms with Crippen LogP contribution in [0.2, 0.25) is 0 Å². The number of ether oxygens (including phenoxy) is 2. The van der Waals surface area contributed by atoms with Gasteiger partial charge in [-0.25, -0.2) is 4.79 Å². The Balaban J connectivity index is 1.76. The third-order valence-corrected chi connectivity index (χ3v) is 3.10. The maximum Gasteiger partial charge on any atom is 0.361 e. The number of H-pyrrole nitrogens is 1. The normalized spacial score (nSPS) is 23.4. The minimum absolute atomic E-state index is 0.235. The fraction of sp³-hybridized carbons (Fsp3) is 0.385. The van der Waals surface area contributed by atoms with Crippen molar-refractivity contribution < 1.29 is 19.4 Å². The van der Waals surface area contributed by atoms with Crippen molar-refractivity contribution >= 4 is 16.9 Å². The summed E-state index contributed by atoms with van der Waals surface area (Å²) in [6.45, 7) is 0. The second kappa shape index (κ2) is 4.99. The summed E-state index contributed by atoms with van der Waals surface area (Å²) in [4.78, 5) is 12.0. The molecule has 2 unspecified atom stereocenters. The summed E-state index contributed by atoms with van der Waals surface area (Å²) in [5, 5.41) is 16.8. The molecule has 100 valence electrons. The zero-order valence-electron chi connectivity index (χ0n) is 10.2. The maximum atomic E-state index is 12.0. The van der Waals surface area contributed by atoms with E-state index < -0.39 is 18.5 Å². The number of carbonyl (C=O) groups excluding carboxylic acids is 1. The molecule has 2 aromatic rings. The predicted octanol–water partition coefficient (Wildman–Crippen LogP) is 1.56. The van der Waals surface area contributed by atoms with Gasteiger partial charge in [0.25, 0.3) is 0 Å². The van der Waals surface area contributed by atoms with Crippen LogP contribution >= 0.6 is 0 Å². The first-order valence-corrected chi connectivity index (χ1v) is 6.21. The number of nitrogens with zero attached hydrogens (tertiary/aromatic N) is 1. The summed E-state index contributed by atoms with van der Waals surface area (Å²) in [6.07, 6.45) is 0.361. The average molecular weight is 262 g/mol. The summed E-state index contributed by atoms with van der Waals surface area (Å²) in [7, 11) is 0. The van der Waals surface area contributed by atoms with E-state index in [-0.39, 0.29) is 5.69 Å². The van der Waals surface area contributed by atoms with Gasteiger partial charge in [-0.15, -0.1) is 0 Å². The molecule has 0 aliphatic carbocycles. The molecule has 2 atom stereocenters. The van der Waals surface area contributed by atoms with Gasteiger partial charge in [-0.3, -0.25) is 5.10 Å². The molecule has 6 heteroatoms. The standard InChI is InChI=1S/C13H14N2O4/c16-10-6-3-7-11(18-10)19-13(17)12-8-4-1-2-5-9(8)14-15-12/h1-2,4-5,10-11,16H,3,6-7H2,(H,14,15). The molecular formula is C13H14N2O4. The van der Waals surface area contributed by atoms with Gasteiger partial charge < -0.3 is 14.6 Å². The molecule has 0 bridgehead atoms. The zero-order valence-corrected chi connectivity index (χ0v) is 10.2. The molecule has 1 aliphatic rings. The number of aliphatic hydroxyl groups is 1. The van der Waals surface area contributed by atoms with Gasteiger partial charge in [-0.05, 0) is 18.9 Å². The number of aromatic nitrogens is 2. The van der Waals surface area contributed by atoms with Crippen LogP contribution in [0.5, 0.6) is 0 Å². The van der Waals surface area contributed by atoms with Crippen LogP contribution in [0.1, 0.15) is 29.8 Å².